The molecule has 6 heteroatoms. The number of methoxy groups -OCH3 is 1. The number of ether oxygens (including phenoxy) is 1. The summed E-state index contributed by atoms with van der Waals surface area (Å²) in [6, 6.07) is 1.45. The molecule has 0 radical (unpaired) electrons. The van der Waals surface area contributed by atoms with Crippen molar-refractivity contribution in [2.45, 2.75) is 0 Å². The van der Waals surface area contributed by atoms with Crippen LogP contribution in [-0.4, -0.2) is 22.3 Å². The van der Waals surface area contributed by atoms with E-state index in [0.29, 0.717) is 16.5 Å². The zero-order chi connectivity index (χ0) is 9.97. The minimum atomic E-state index is -0.241. The van der Waals surface area contributed by atoms with Gasteiger partial charge in [-0.15, -0.1) is 0 Å². The molecule has 0 amide bonds. The Kier molecular flexibility index (Phi) is 2.28. The third kappa shape index (κ3) is 1.64. The molecule has 0 spiro atoms. The average Bonchev–Trinajstić information content (AvgIpc) is 2.66. The average molecular weight is 209 g/mol. The molecular weight excluding hydrogens is 202 g/mol. The highest BCUT2D eigenvalue weighted by Gasteiger charge is 2.04. The molecule has 2 aromatic rings. The predicted molar refractivity (Wildman–Crippen MR) is 52.5 cm³/mol. The second kappa shape index (κ2) is 3.59. The number of H-pyrrole nitrogens is 1. The summed E-state index contributed by atoms with van der Waals surface area (Å²) in [5.41, 5.74) is 1.15. The fourth-order valence-electron chi connectivity index (χ4n) is 1.000. The van der Waals surface area contributed by atoms with Gasteiger partial charge in [-0.25, -0.2) is 10.1 Å². The Morgan fingerprint density at radius 2 is 2.43 bits per heavy atom. The third-order valence-corrected chi connectivity index (χ3v) is 2.42. The zero-order valence-electron chi connectivity index (χ0n) is 7.35. The highest BCUT2D eigenvalue weighted by atomic mass is 32.1. The number of hydrogen-bond acceptors (Lipinski definition) is 5. The Balaban J connectivity index is 2.44. The van der Waals surface area contributed by atoms with Crippen LogP contribution >= 0.6 is 11.3 Å². The molecule has 2 heterocycles. The maximum atomic E-state index is 11.0. The number of rotatable bonds is 2. The van der Waals surface area contributed by atoms with Crippen LogP contribution in [0, 0.1) is 0 Å². The van der Waals surface area contributed by atoms with Crippen molar-refractivity contribution in [1.29, 1.82) is 0 Å². The van der Waals surface area contributed by atoms with Gasteiger partial charge in [-0.3, -0.25) is 4.79 Å². The first-order valence-electron chi connectivity index (χ1n) is 3.84. The topological polar surface area (TPSA) is 67.9 Å². The first-order valence-corrected chi connectivity index (χ1v) is 4.72. The van der Waals surface area contributed by atoms with E-state index in [-0.39, 0.29) is 5.56 Å². The molecule has 14 heavy (non-hydrogen) atoms. The van der Waals surface area contributed by atoms with Gasteiger partial charge in [0.05, 0.1) is 19.0 Å². The van der Waals surface area contributed by atoms with Gasteiger partial charge in [0.2, 0.25) is 0 Å². The molecule has 0 aliphatic heterocycles. The van der Waals surface area contributed by atoms with Crippen LogP contribution in [0.25, 0.3) is 11.3 Å². The van der Waals surface area contributed by atoms with Crippen molar-refractivity contribution in [3.8, 4) is 16.5 Å². The van der Waals surface area contributed by atoms with Crippen molar-refractivity contribution in [2.75, 3.05) is 7.11 Å². The minimum absolute atomic E-state index is 0.241. The fourth-order valence-corrected chi connectivity index (χ4v) is 1.65. The van der Waals surface area contributed by atoms with E-state index in [2.05, 4.69) is 15.2 Å². The summed E-state index contributed by atoms with van der Waals surface area (Å²) in [6.45, 7) is 0. The fraction of sp³-hybridized carbons (Fsp3) is 0.125. The van der Waals surface area contributed by atoms with Gasteiger partial charge in [-0.05, 0) is 0 Å². The lowest BCUT2D eigenvalue weighted by molar-refractivity contribution is 0.412. The Bertz CT molecular complexity index is 491. The van der Waals surface area contributed by atoms with Crippen molar-refractivity contribution in [3.05, 3.63) is 28.0 Å². The van der Waals surface area contributed by atoms with E-state index in [4.69, 9.17) is 4.74 Å². The lowest BCUT2D eigenvalue weighted by Crippen LogP contribution is -2.05. The Morgan fingerprint density at radius 3 is 3.07 bits per heavy atom. The van der Waals surface area contributed by atoms with E-state index in [1.54, 1.807) is 13.3 Å². The van der Waals surface area contributed by atoms with Gasteiger partial charge in [-0.1, -0.05) is 11.3 Å². The van der Waals surface area contributed by atoms with Crippen LogP contribution in [0.3, 0.4) is 0 Å². The summed E-state index contributed by atoms with van der Waals surface area (Å²) in [6.07, 6.45) is 1.55. The molecule has 0 saturated carbocycles. The van der Waals surface area contributed by atoms with E-state index < -0.39 is 0 Å². The molecule has 1 N–H and O–H groups in total. The van der Waals surface area contributed by atoms with Crippen LogP contribution in [0.2, 0.25) is 0 Å². The number of nitrogens with one attached hydrogen (secondary N) is 1. The summed E-state index contributed by atoms with van der Waals surface area (Å²) in [7, 11) is 1.55. The molecule has 2 rings (SSSR count). The van der Waals surface area contributed by atoms with Crippen molar-refractivity contribution < 1.29 is 4.74 Å². The van der Waals surface area contributed by atoms with Crippen molar-refractivity contribution >= 4 is 11.3 Å². The summed E-state index contributed by atoms with van der Waals surface area (Å²) >= 11 is 1.38. The van der Waals surface area contributed by atoms with E-state index in [1.807, 2.05) is 5.38 Å². The standard InChI is InChI=1S/C8H7N3O2S/c1-13-8-10-6(4-14-8)5-2-7(12)11-9-3-5/h2-4H,1H3,(H,11,12). The molecule has 0 atom stereocenters. The Morgan fingerprint density at radius 1 is 1.57 bits per heavy atom. The monoisotopic (exact) mass is 209 g/mol. The SMILES string of the molecule is COc1nc(-c2cn[nH]c(=O)c2)cs1. The summed E-state index contributed by atoms with van der Waals surface area (Å²) < 4.78 is 4.95. The van der Waals surface area contributed by atoms with Crippen LogP contribution in [0.15, 0.2) is 22.4 Å². The van der Waals surface area contributed by atoms with Crippen LogP contribution in [0.4, 0.5) is 0 Å². The van der Waals surface area contributed by atoms with Gasteiger partial charge in [-0.2, -0.15) is 5.10 Å². The van der Waals surface area contributed by atoms with Crippen molar-refractivity contribution in [1.82, 2.24) is 15.2 Å². The lowest BCUT2D eigenvalue weighted by atomic mass is 10.2. The van der Waals surface area contributed by atoms with Gasteiger partial charge in [0, 0.05) is 17.0 Å². The number of hydrogen-bond donors (Lipinski definition) is 1. The maximum absolute atomic E-state index is 11.0. The molecule has 2 aromatic heterocycles. The molecule has 0 bridgehead atoms. The molecule has 0 aromatic carbocycles. The van der Waals surface area contributed by atoms with E-state index >= 15 is 0 Å². The summed E-state index contributed by atoms with van der Waals surface area (Å²) in [5.74, 6) is 0. The molecule has 0 saturated heterocycles. The van der Waals surface area contributed by atoms with Gasteiger partial charge in [0.15, 0.2) is 0 Å². The quantitative estimate of drug-likeness (QED) is 0.798. The number of aromatic nitrogens is 3. The number of aromatic amines is 1. The van der Waals surface area contributed by atoms with E-state index in [0.717, 1.165) is 0 Å². The van der Waals surface area contributed by atoms with Gasteiger partial charge in [0.1, 0.15) is 0 Å². The third-order valence-electron chi connectivity index (χ3n) is 1.62. The molecule has 0 aliphatic carbocycles. The molecule has 72 valence electrons. The number of thiazole rings is 1. The van der Waals surface area contributed by atoms with E-state index in [9.17, 15) is 4.79 Å². The van der Waals surface area contributed by atoms with Crippen LogP contribution < -0.4 is 10.3 Å². The Hall–Kier alpha value is -1.69. The minimum Gasteiger partial charge on any atom is -0.473 e. The highest BCUT2D eigenvalue weighted by molar-refractivity contribution is 7.11. The smallest absolute Gasteiger partial charge is 0.273 e. The Labute approximate surface area is 83.4 Å². The van der Waals surface area contributed by atoms with Gasteiger partial charge < -0.3 is 4.74 Å². The van der Waals surface area contributed by atoms with Crippen LogP contribution in [0.5, 0.6) is 5.19 Å². The molecule has 0 unspecified atom stereocenters. The van der Waals surface area contributed by atoms with Gasteiger partial charge >= 0.3 is 0 Å². The molecular formula is C8H7N3O2S. The van der Waals surface area contributed by atoms with Crippen LogP contribution in [-0.2, 0) is 0 Å². The highest BCUT2D eigenvalue weighted by Crippen LogP contribution is 2.24. The van der Waals surface area contributed by atoms with E-state index in [1.165, 1.54) is 17.4 Å². The summed E-state index contributed by atoms with van der Waals surface area (Å²) in [4.78, 5) is 15.1. The molecule has 0 aliphatic rings. The molecule has 0 fully saturated rings. The van der Waals surface area contributed by atoms with Gasteiger partial charge in [0.25, 0.3) is 10.8 Å². The number of nitrogens with zero attached hydrogens (tertiary/aromatic N) is 2. The predicted octanol–water partition coefficient (Wildman–Crippen LogP) is 0.902. The first kappa shape index (κ1) is 8.89. The summed E-state index contributed by atoms with van der Waals surface area (Å²) in [5, 5.41) is 8.37. The second-order valence-corrected chi connectivity index (χ2v) is 3.36. The van der Waals surface area contributed by atoms with Crippen molar-refractivity contribution in [2.24, 2.45) is 0 Å². The van der Waals surface area contributed by atoms with Crippen molar-refractivity contribution in [3.63, 3.8) is 0 Å². The normalized spacial score (nSPS) is 10.1. The maximum Gasteiger partial charge on any atom is 0.273 e. The second-order valence-electron chi connectivity index (χ2n) is 2.54. The largest absolute Gasteiger partial charge is 0.473 e. The first-order chi connectivity index (χ1) is 6.79. The lowest BCUT2D eigenvalue weighted by Gasteiger charge is -1.92. The molecule has 5 nitrogen and oxygen atoms in total. The van der Waals surface area contributed by atoms with Crippen LogP contribution in [0.1, 0.15) is 0 Å². The zero-order valence-corrected chi connectivity index (χ0v) is 8.17.